The highest BCUT2D eigenvalue weighted by atomic mass is 16.2. The minimum atomic E-state index is -0.278. The molecule has 6 unspecified atom stereocenters. The van der Waals surface area contributed by atoms with E-state index in [0.717, 1.165) is 6.42 Å². The number of hydrogen-bond acceptors (Lipinski definition) is 4. The molecule has 3 amide bonds. The molecule has 5 aliphatic rings. The Balaban J connectivity index is 1.23. The lowest BCUT2D eigenvalue weighted by Gasteiger charge is -2.37. The van der Waals surface area contributed by atoms with E-state index in [1.54, 1.807) is 24.3 Å². The van der Waals surface area contributed by atoms with Gasteiger partial charge in [-0.25, -0.2) is 0 Å². The van der Waals surface area contributed by atoms with Gasteiger partial charge in [0, 0.05) is 24.2 Å². The smallest absolute Gasteiger partial charge is 0.233 e. The molecular formula is C22H22N2O4. The van der Waals surface area contributed by atoms with Gasteiger partial charge in [-0.1, -0.05) is 24.3 Å². The topological polar surface area (TPSA) is 83.6 Å². The predicted octanol–water partition coefficient (Wildman–Crippen LogP) is 2.27. The van der Waals surface area contributed by atoms with Gasteiger partial charge in [-0.2, -0.15) is 0 Å². The number of rotatable bonds is 5. The zero-order valence-corrected chi connectivity index (χ0v) is 15.6. The van der Waals surface area contributed by atoms with Crippen molar-refractivity contribution in [3.63, 3.8) is 0 Å². The van der Waals surface area contributed by atoms with Gasteiger partial charge in [-0.05, 0) is 49.1 Å². The van der Waals surface area contributed by atoms with E-state index in [4.69, 9.17) is 0 Å². The number of ketones is 1. The number of imide groups is 1. The average molecular weight is 378 g/mol. The zero-order chi connectivity index (χ0) is 19.6. The lowest BCUT2D eigenvalue weighted by Crippen LogP contribution is -2.40. The summed E-state index contributed by atoms with van der Waals surface area (Å²) in [6.45, 7) is 1.58. The number of anilines is 1. The highest BCUT2D eigenvalue weighted by molar-refractivity contribution is 6.06. The molecule has 6 atom stereocenters. The Labute approximate surface area is 163 Å². The molecule has 6 nitrogen and oxygen atoms in total. The minimum absolute atomic E-state index is 0.0524. The molecule has 6 rings (SSSR count). The highest BCUT2D eigenvalue weighted by Gasteiger charge is 2.66. The van der Waals surface area contributed by atoms with E-state index < -0.39 is 0 Å². The van der Waals surface area contributed by atoms with Crippen LogP contribution in [0.3, 0.4) is 0 Å². The first-order valence-electron chi connectivity index (χ1n) is 9.90. The molecule has 6 heteroatoms. The summed E-state index contributed by atoms with van der Waals surface area (Å²) >= 11 is 0. The standard InChI is InChI=1S/C22H22N2O4/c1-11(25)12-3-2-4-13(9-12)23-18(26)7-8-24-21(27)19-14-5-6-15(17-10-16(14)17)20(19)22(24)28/h2-6,9,14-17,19-20H,7-8,10H2,1H3,(H,23,26). The number of carbonyl (C=O) groups excluding carboxylic acids is 4. The molecule has 2 saturated carbocycles. The Bertz CT molecular complexity index is 900. The third-order valence-electron chi connectivity index (χ3n) is 6.87. The summed E-state index contributed by atoms with van der Waals surface area (Å²) in [5.74, 6) is 0.539. The largest absolute Gasteiger partial charge is 0.326 e. The van der Waals surface area contributed by atoms with Crippen LogP contribution in [0.1, 0.15) is 30.1 Å². The van der Waals surface area contributed by atoms with Crippen LogP contribution in [0.2, 0.25) is 0 Å². The van der Waals surface area contributed by atoms with Gasteiger partial charge in [0.1, 0.15) is 0 Å². The molecule has 0 spiro atoms. The Morgan fingerprint density at radius 2 is 1.71 bits per heavy atom. The van der Waals surface area contributed by atoms with Gasteiger partial charge < -0.3 is 5.32 Å². The molecule has 28 heavy (non-hydrogen) atoms. The first-order chi connectivity index (χ1) is 13.5. The second kappa shape index (κ2) is 6.12. The van der Waals surface area contributed by atoms with Crippen LogP contribution in [-0.2, 0) is 14.4 Å². The van der Waals surface area contributed by atoms with E-state index in [2.05, 4.69) is 17.5 Å². The van der Waals surface area contributed by atoms with Gasteiger partial charge in [0.05, 0.1) is 11.8 Å². The van der Waals surface area contributed by atoms with Crippen molar-refractivity contribution in [3.05, 3.63) is 42.0 Å². The van der Waals surface area contributed by atoms with Crippen LogP contribution in [0, 0.1) is 35.5 Å². The van der Waals surface area contributed by atoms with Crippen LogP contribution >= 0.6 is 0 Å². The first kappa shape index (κ1) is 17.3. The van der Waals surface area contributed by atoms with Gasteiger partial charge in [-0.3, -0.25) is 24.1 Å². The molecule has 1 heterocycles. The molecule has 1 saturated heterocycles. The van der Waals surface area contributed by atoms with Crippen LogP contribution in [0.25, 0.3) is 0 Å². The second-order valence-corrected chi connectivity index (χ2v) is 8.42. The molecule has 4 aliphatic carbocycles. The summed E-state index contributed by atoms with van der Waals surface area (Å²) in [4.78, 5) is 50.9. The maximum absolute atomic E-state index is 12.9. The number of likely N-dealkylation sites (tertiary alicyclic amines) is 1. The summed E-state index contributed by atoms with van der Waals surface area (Å²) in [5, 5.41) is 2.74. The maximum Gasteiger partial charge on any atom is 0.233 e. The molecule has 1 aromatic carbocycles. The fourth-order valence-corrected chi connectivity index (χ4v) is 5.49. The Morgan fingerprint density at radius 1 is 1.07 bits per heavy atom. The fraction of sp³-hybridized carbons (Fsp3) is 0.455. The van der Waals surface area contributed by atoms with E-state index >= 15 is 0 Å². The molecule has 0 radical (unpaired) electrons. The third kappa shape index (κ3) is 2.54. The number of hydrogen-bond donors (Lipinski definition) is 1. The van der Waals surface area contributed by atoms with Crippen molar-refractivity contribution in [3.8, 4) is 0 Å². The summed E-state index contributed by atoms with van der Waals surface area (Å²) in [6, 6.07) is 6.73. The number of Topliss-reactive ketones (excluding diaryl/α,β-unsaturated/α-hetero) is 1. The van der Waals surface area contributed by atoms with Crippen molar-refractivity contribution in [1.82, 2.24) is 4.90 Å². The molecular weight excluding hydrogens is 356 g/mol. The summed E-state index contributed by atoms with van der Waals surface area (Å²) < 4.78 is 0. The van der Waals surface area contributed by atoms with Crippen molar-refractivity contribution in [2.24, 2.45) is 35.5 Å². The van der Waals surface area contributed by atoms with E-state index in [1.807, 2.05) is 0 Å². The van der Waals surface area contributed by atoms with Crippen molar-refractivity contribution in [2.45, 2.75) is 19.8 Å². The lowest BCUT2D eigenvalue weighted by atomic mass is 9.63. The van der Waals surface area contributed by atoms with Crippen molar-refractivity contribution < 1.29 is 19.2 Å². The number of benzene rings is 1. The Morgan fingerprint density at radius 3 is 2.32 bits per heavy atom. The number of nitrogens with zero attached hydrogens (tertiary/aromatic N) is 1. The number of nitrogens with one attached hydrogen (secondary N) is 1. The Hall–Kier alpha value is -2.76. The zero-order valence-electron chi connectivity index (χ0n) is 15.6. The van der Waals surface area contributed by atoms with Gasteiger partial charge in [0.2, 0.25) is 17.7 Å². The monoisotopic (exact) mass is 378 g/mol. The maximum atomic E-state index is 12.9. The van der Waals surface area contributed by atoms with Gasteiger partial charge in [0.25, 0.3) is 0 Å². The normalized spacial score (nSPS) is 34.2. The van der Waals surface area contributed by atoms with Crippen molar-refractivity contribution in [1.29, 1.82) is 0 Å². The quantitative estimate of drug-likeness (QED) is 0.484. The number of carbonyl (C=O) groups is 4. The van der Waals surface area contributed by atoms with Crippen LogP contribution in [0.4, 0.5) is 5.69 Å². The van der Waals surface area contributed by atoms with Crippen LogP contribution < -0.4 is 5.32 Å². The van der Waals surface area contributed by atoms with Crippen molar-refractivity contribution >= 4 is 29.2 Å². The molecule has 1 N–H and O–H groups in total. The minimum Gasteiger partial charge on any atom is -0.326 e. The molecule has 3 fully saturated rings. The SMILES string of the molecule is CC(=O)c1cccc(NC(=O)CCN2C(=O)C3C4C=CC(C5CC45)C3C2=O)c1. The van der Waals surface area contributed by atoms with E-state index in [-0.39, 0.29) is 60.1 Å². The van der Waals surface area contributed by atoms with E-state index in [9.17, 15) is 19.2 Å². The van der Waals surface area contributed by atoms with Crippen LogP contribution in [0.5, 0.6) is 0 Å². The van der Waals surface area contributed by atoms with Crippen molar-refractivity contribution in [2.75, 3.05) is 11.9 Å². The number of allylic oxidation sites excluding steroid dienone is 2. The molecule has 2 bridgehead atoms. The fourth-order valence-electron chi connectivity index (χ4n) is 5.49. The third-order valence-corrected chi connectivity index (χ3v) is 6.87. The second-order valence-electron chi connectivity index (χ2n) is 8.42. The molecule has 0 aromatic heterocycles. The van der Waals surface area contributed by atoms with Crippen LogP contribution in [0.15, 0.2) is 36.4 Å². The molecule has 144 valence electrons. The predicted molar refractivity (Wildman–Crippen MR) is 101 cm³/mol. The highest BCUT2D eigenvalue weighted by Crippen LogP contribution is 2.65. The van der Waals surface area contributed by atoms with E-state index in [0.29, 0.717) is 23.1 Å². The summed E-state index contributed by atoms with van der Waals surface area (Å²) in [5.41, 5.74) is 1.06. The lowest BCUT2D eigenvalue weighted by molar-refractivity contribution is -0.140. The van der Waals surface area contributed by atoms with Gasteiger partial charge >= 0.3 is 0 Å². The van der Waals surface area contributed by atoms with E-state index in [1.165, 1.54) is 11.8 Å². The molecule has 1 aromatic rings. The molecule has 1 aliphatic heterocycles. The summed E-state index contributed by atoms with van der Waals surface area (Å²) in [7, 11) is 0. The average Bonchev–Trinajstić information content (AvgIpc) is 3.45. The van der Waals surface area contributed by atoms with Gasteiger partial charge in [-0.15, -0.1) is 0 Å². The van der Waals surface area contributed by atoms with Gasteiger partial charge in [0.15, 0.2) is 5.78 Å². The first-order valence-corrected chi connectivity index (χ1v) is 9.90. The Kier molecular flexibility index (Phi) is 3.79. The number of amides is 3. The summed E-state index contributed by atoms with van der Waals surface area (Å²) in [6.07, 6.45) is 5.47. The van der Waals surface area contributed by atoms with Crippen LogP contribution in [-0.4, -0.2) is 34.9 Å².